The van der Waals surface area contributed by atoms with Crippen LogP contribution in [0.1, 0.15) is 28.4 Å². The molecule has 0 saturated carbocycles. The summed E-state index contributed by atoms with van der Waals surface area (Å²) >= 11 is 0. The maximum atomic E-state index is 13.9. The van der Waals surface area contributed by atoms with Crippen molar-refractivity contribution in [3.8, 4) is 0 Å². The Morgan fingerprint density at radius 1 is 0.944 bits per heavy atom. The van der Waals surface area contributed by atoms with Crippen molar-refractivity contribution in [3.05, 3.63) is 89.4 Å². The van der Waals surface area contributed by atoms with Crippen molar-refractivity contribution in [3.63, 3.8) is 0 Å². The Bertz CT molecular complexity index is 1410. The van der Waals surface area contributed by atoms with Gasteiger partial charge < -0.3 is 13.9 Å². The second-order valence-corrected chi connectivity index (χ2v) is 11.4. The number of carbonyl (C=O) groups is 2. The van der Waals surface area contributed by atoms with Gasteiger partial charge in [0.15, 0.2) is 0 Å². The minimum Gasteiger partial charge on any atom is -0.469 e. The van der Waals surface area contributed by atoms with E-state index in [-0.39, 0.29) is 24.4 Å². The lowest BCUT2D eigenvalue weighted by Gasteiger charge is -2.48. The number of hydrogen-bond acceptors (Lipinski definition) is 7. The van der Waals surface area contributed by atoms with Crippen LogP contribution in [0.3, 0.4) is 0 Å². The van der Waals surface area contributed by atoms with Crippen molar-refractivity contribution >= 4 is 22.0 Å². The lowest BCUT2D eigenvalue weighted by atomic mass is 9.51. The molecule has 8 nitrogen and oxygen atoms in total. The number of carbonyl (C=O) groups excluding carboxylic acids is 2. The zero-order valence-electron chi connectivity index (χ0n) is 20.3. The van der Waals surface area contributed by atoms with Crippen LogP contribution in [0.15, 0.2) is 76.2 Å². The van der Waals surface area contributed by atoms with E-state index >= 15 is 0 Å². The minimum absolute atomic E-state index is 0.000355. The van der Waals surface area contributed by atoms with Crippen LogP contribution >= 0.6 is 0 Å². The van der Waals surface area contributed by atoms with Gasteiger partial charge in [0.2, 0.25) is 10.0 Å². The number of furan rings is 1. The molecule has 1 aliphatic carbocycles. The zero-order valence-corrected chi connectivity index (χ0v) is 21.1. The lowest BCUT2D eigenvalue weighted by molar-refractivity contribution is -0.176. The molecule has 0 spiro atoms. The Kier molecular flexibility index (Phi) is 5.80. The van der Waals surface area contributed by atoms with Gasteiger partial charge in [-0.2, -0.15) is 4.31 Å². The molecule has 9 heteroatoms. The van der Waals surface area contributed by atoms with E-state index < -0.39 is 38.7 Å². The standard InChI is InChI=1S/C27H27NO7S/c1-18-9-11-20(12-10-18)36(31,32)28-16-26(24(29)33-2)15-22-21(13-14-35-22)23(19-7-5-4-6-8-19)27(26,17-28)25(30)34-3/h4-14,23H,15-17H2,1-3H3/t23-,26-,27-/m0/s1. The highest BCUT2D eigenvalue weighted by Gasteiger charge is 2.74. The van der Waals surface area contributed by atoms with E-state index in [0.29, 0.717) is 5.76 Å². The van der Waals surface area contributed by atoms with Crippen LogP contribution in [0.5, 0.6) is 0 Å². The van der Waals surface area contributed by atoms with E-state index in [1.54, 1.807) is 18.2 Å². The molecule has 1 fully saturated rings. The average Bonchev–Trinajstić information content (AvgIpc) is 3.50. The van der Waals surface area contributed by atoms with Crippen molar-refractivity contribution in [2.75, 3.05) is 27.3 Å². The van der Waals surface area contributed by atoms with Gasteiger partial charge in [-0.15, -0.1) is 0 Å². The summed E-state index contributed by atoms with van der Waals surface area (Å²) in [6.45, 7) is 1.36. The van der Waals surface area contributed by atoms with E-state index in [2.05, 4.69) is 0 Å². The lowest BCUT2D eigenvalue weighted by Crippen LogP contribution is -2.59. The molecule has 1 saturated heterocycles. The molecular formula is C27H27NO7S. The van der Waals surface area contributed by atoms with Gasteiger partial charge in [0.1, 0.15) is 16.6 Å². The molecule has 1 aliphatic heterocycles. The first-order chi connectivity index (χ1) is 17.2. The van der Waals surface area contributed by atoms with Crippen molar-refractivity contribution in [1.82, 2.24) is 4.31 Å². The molecule has 5 rings (SSSR count). The molecule has 0 unspecified atom stereocenters. The molecule has 0 amide bonds. The molecule has 36 heavy (non-hydrogen) atoms. The van der Waals surface area contributed by atoms with Crippen LogP contribution in [0.25, 0.3) is 0 Å². The highest BCUT2D eigenvalue weighted by Crippen LogP contribution is 2.63. The first-order valence-electron chi connectivity index (χ1n) is 11.6. The van der Waals surface area contributed by atoms with Crippen LogP contribution in [0.2, 0.25) is 0 Å². The molecule has 3 aromatic rings. The number of nitrogens with zero attached hydrogens (tertiary/aromatic N) is 1. The summed E-state index contributed by atoms with van der Waals surface area (Å²) in [5.41, 5.74) is -0.786. The van der Waals surface area contributed by atoms with E-state index in [1.807, 2.05) is 37.3 Å². The van der Waals surface area contributed by atoms with Gasteiger partial charge >= 0.3 is 11.9 Å². The molecule has 2 heterocycles. The summed E-state index contributed by atoms with van der Waals surface area (Å²) < 4.78 is 45.3. The Labute approximate surface area is 209 Å². The molecule has 1 aromatic heterocycles. The van der Waals surface area contributed by atoms with Crippen LogP contribution in [0.4, 0.5) is 0 Å². The third kappa shape index (κ3) is 3.26. The van der Waals surface area contributed by atoms with E-state index in [1.165, 1.54) is 36.9 Å². The van der Waals surface area contributed by atoms with Gasteiger partial charge in [0, 0.05) is 31.0 Å². The van der Waals surface area contributed by atoms with Gasteiger partial charge in [-0.3, -0.25) is 9.59 Å². The number of ether oxygens (including phenoxy) is 2. The van der Waals surface area contributed by atoms with Crippen molar-refractivity contribution in [1.29, 1.82) is 0 Å². The first kappa shape index (κ1) is 24.3. The Hall–Kier alpha value is -3.43. The largest absolute Gasteiger partial charge is 0.469 e. The molecule has 0 N–H and O–H groups in total. The summed E-state index contributed by atoms with van der Waals surface area (Å²) in [7, 11) is -1.57. The second kappa shape index (κ2) is 8.60. The van der Waals surface area contributed by atoms with Crippen LogP contribution in [-0.2, 0) is 35.5 Å². The summed E-state index contributed by atoms with van der Waals surface area (Å²) in [6, 6.07) is 17.5. The highest BCUT2D eigenvalue weighted by atomic mass is 32.2. The number of sulfonamides is 1. The maximum Gasteiger partial charge on any atom is 0.315 e. The van der Waals surface area contributed by atoms with Gasteiger partial charge in [-0.1, -0.05) is 48.0 Å². The predicted octanol–water partition coefficient (Wildman–Crippen LogP) is 3.30. The van der Waals surface area contributed by atoms with Gasteiger partial charge in [-0.05, 0) is 30.7 Å². The molecular weight excluding hydrogens is 482 g/mol. The number of esters is 2. The summed E-state index contributed by atoms with van der Waals surface area (Å²) in [5, 5.41) is 0. The maximum absolute atomic E-state index is 13.9. The Morgan fingerprint density at radius 3 is 2.25 bits per heavy atom. The van der Waals surface area contributed by atoms with E-state index in [4.69, 9.17) is 13.9 Å². The smallest absolute Gasteiger partial charge is 0.315 e. The topological polar surface area (TPSA) is 103 Å². The van der Waals surface area contributed by atoms with E-state index in [9.17, 15) is 18.0 Å². The van der Waals surface area contributed by atoms with Crippen molar-refractivity contribution in [2.24, 2.45) is 10.8 Å². The quantitative estimate of drug-likeness (QED) is 0.486. The fourth-order valence-corrected chi connectivity index (χ4v) is 7.55. The molecule has 3 atom stereocenters. The number of rotatable bonds is 5. The van der Waals surface area contributed by atoms with Crippen molar-refractivity contribution < 1.29 is 31.9 Å². The van der Waals surface area contributed by atoms with Crippen LogP contribution in [-0.4, -0.2) is 52.0 Å². The fraction of sp³-hybridized carbons (Fsp3) is 0.333. The van der Waals surface area contributed by atoms with Crippen molar-refractivity contribution in [2.45, 2.75) is 24.2 Å². The first-order valence-corrected chi connectivity index (χ1v) is 13.0. The van der Waals surface area contributed by atoms with Gasteiger partial charge in [-0.25, -0.2) is 8.42 Å². The number of methoxy groups -OCH3 is 2. The summed E-state index contributed by atoms with van der Waals surface area (Å²) in [4.78, 5) is 27.6. The highest BCUT2D eigenvalue weighted by molar-refractivity contribution is 7.89. The summed E-state index contributed by atoms with van der Waals surface area (Å²) in [5.74, 6) is -1.54. The summed E-state index contributed by atoms with van der Waals surface area (Å²) in [6.07, 6.45) is 1.53. The molecule has 0 bridgehead atoms. The number of aryl methyl sites for hydroxylation is 1. The number of benzene rings is 2. The third-order valence-electron chi connectivity index (χ3n) is 7.69. The zero-order chi connectivity index (χ0) is 25.7. The van der Waals surface area contributed by atoms with Gasteiger partial charge in [0.05, 0.1) is 25.4 Å². The monoisotopic (exact) mass is 509 g/mol. The molecule has 0 radical (unpaired) electrons. The number of hydrogen-bond donors (Lipinski definition) is 0. The van der Waals surface area contributed by atoms with Gasteiger partial charge in [0.25, 0.3) is 0 Å². The normalized spacial score (nSPS) is 25.6. The number of fused-ring (bicyclic) bond motifs is 2. The second-order valence-electron chi connectivity index (χ2n) is 9.44. The molecule has 2 aromatic carbocycles. The minimum atomic E-state index is -4.06. The molecule has 2 aliphatic rings. The Balaban J connectivity index is 1.78. The fourth-order valence-electron chi connectivity index (χ4n) is 6.01. The Morgan fingerprint density at radius 2 is 1.61 bits per heavy atom. The predicted molar refractivity (Wildman–Crippen MR) is 130 cm³/mol. The third-order valence-corrected chi connectivity index (χ3v) is 9.50. The van der Waals surface area contributed by atoms with Crippen LogP contribution < -0.4 is 0 Å². The average molecular weight is 510 g/mol. The SMILES string of the molecule is COC(=O)[C@@]12Cc3occc3[C@H](c3ccccc3)[C@]1(C(=O)OC)CN(S(=O)(=O)c1ccc(C)cc1)C2. The van der Waals surface area contributed by atoms with Crippen LogP contribution in [0, 0.1) is 17.8 Å². The van der Waals surface area contributed by atoms with E-state index in [0.717, 1.165) is 16.7 Å². The molecule has 188 valence electrons.